The van der Waals surface area contributed by atoms with Crippen molar-refractivity contribution in [2.75, 3.05) is 13.1 Å². The Morgan fingerprint density at radius 2 is 1.67 bits per heavy atom. The fourth-order valence-electron chi connectivity index (χ4n) is 1.92. The largest absolute Gasteiger partial charge is 0.416 e. The summed E-state index contributed by atoms with van der Waals surface area (Å²) in [6.07, 6.45) is -4.15. The van der Waals surface area contributed by atoms with Gasteiger partial charge in [0.05, 0.1) is 12.0 Å². The lowest BCUT2D eigenvalue weighted by atomic mass is 10.1. The van der Waals surface area contributed by atoms with Gasteiger partial charge in [-0.05, 0) is 35.7 Å². The van der Waals surface area contributed by atoms with E-state index in [4.69, 9.17) is 0 Å². The van der Waals surface area contributed by atoms with Gasteiger partial charge >= 0.3 is 6.18 Å². The van der Waals surface area contributed by atoms with E-state index in [0.717, 1.165) is 29.1 Å². The molecule has 0 radical (unpaired) electrons. The number of halogens is 3. The highest BCUT2D eigenvalue weighted by Gasteiger charge is 2.30. The van der Waals surface area contributed by atoms with E-state index < -0.39 is 17.6 Å². The van der Waals surface area contributed by atoms with Crippen LogP contribution in [0.25, 0.3) is 0 Å². The van der Waals surface area contributed by atoms with Gasteiger partial charge in [-0.2, -0.15) is 13.2 Å². The summed E-state index contributed by atoms with van der Waals surface area (Å²) in [4.78, 5) is 24.4. The molecule has 0 saturated carbocycles. The second-order valence-electron chi connectivity index (χ2n) is 4.94. The Labute approximate surface area is 140 Å². The molecule has 0 atom stereocenters. The van der Waals surface area contributed by atoms with Crippen molar-refractivity contribution in [1.82, 2.24) is 10.6 Å². The second-order valence-corrected chi connectivity index (χ2v) is 5.97. The van der Waals surface area contributed by atoms with E-state index in [0.29, 0.717) is 0 Å². The summed E-state index contributed by atoms with van der Waals surface area (Å²) in [6.45, 7) is 0.437. The summed E-state index contributed by atoms with van der Waals surface area (Å²) in [6, 6.07) is 7.67. The molecule has 4 nitrogen and oxygen atoms in total. The summed E-state index contributed by atoms with van der Waals surface area (Å²) in [5.41, 5.74) is -0.673. The summed E-state index contributed by atoms with van der Waals surface area (Å²) < 4.78 is 37.3. The maximum absolute atomic E-state index is 12.4. The molecule has 0 fully saturated rings. The molecule has 1 aromatic carbocycles. The van der Waals surface area contributed by atoms with Gasteiger partial charge in [0.25, 0.3) is 5.91 Å². The molecule has 0 unspecified atom stereocenters. The SMILES string of the molecule is O=C(Cc1cccs1)NCCNC(=O)c1ccc(C(F)(F)F)cc1. The number of carbonyl (C=O) groups is 2. The third kappa shape index (κ3) is 5.38. The van der Waals surface area contributed by atoms with Gasteiger partial charge in [0, 0.05) is 23.5 Å². The van der Waals surface area contributed by atoms with Gasteiger partial charge in [-0.1, -0.05) is 6.07 Å². The maximum Gasteiger partial charge on any atom is 0.416 e. The molecular weight excluding hydrogens is 341 g/mol. The van der Waals surface area contributed by atoms with Crippen LogP contribution in [0, 0.1) is 0 Å². The van der Waals surface area contributed by atoms with E-state index in [1.165, 1.54) is 11.3 Å². The number of amides is 2. The predicted octanol–water partition coefficient (Wildman–Crippen LogP) is 2.86. The smallest absolute Gasteiger partial charge is 0.354 e. The lowest BCUT2D eigenvalue weighted by Gasteiger charge is -2.09. The molecule has 0 spiro atoms. The van der Waals surface area contributed by atoms with Gasteiger partial charge in [0.15, 0.2) is 0 Å². The van der Waals surface area contributed by atoms with Gasteiger partial charge in [-0.15, -0.1) is 11.3 Å². The van der Waals surface area contributed by atoms with Crippen LogP contribution in [0.3, 0.4) is 0 Å². The standard InChI is InChI=1S/C16H15F3N2O2S/c17-16(18,19)12-5-3-11(4-6-12)15(23)21-8-7-20-14(22)10-13-2-1-9-24-13/h1-6,9H,7-8,10H2,(H,20,22)(H,21,23). The Morgan fingerprint density at radius 3 is 2.25 bits per heavy atom. The summed E-state index contributed by atoms with van der Waals surface area (Å²) >= 11 is 1.48. The average molecular weight is 356 g/mol. The lowest BCUT2D eigenvalue weighted by Crippen LogP contribution is -2.35. The van der Waals surface area contributed by atoms with Crippen molar-refractivity contribution in [3.8, 4) is 0 Å². The number of benzene rings is 1. The first-order chi connectivity index (χ1) is 11.4. The van der Waals surface area contributed by atoms with Gasteiger partial charge < -0.3 is 10.6 Å². The van der Waals surface area contributed by atoms with Crippen LogP contribution >= 0.6 is 11.3 Å². The number of alkyl halides is 3. The molecule has 0 saturated heterocycles. The predicted molar refractivity (Wildman–Crippen MR) is 84.8 cm³/mol. The zero-order valence-corrected chi connectivity index (χ0v) is 13.3. The molecule has 0 aliphatic heterocycles. The fourth-order valence-corrected chi connectivity index (χ4v) is 2.63. The number of hydrogen-bond donors (Lipinski definition) is 2. The van der Waals surface area contributed by atoms with E-state index >= 15 is 0 Å². The average Bonchev–Trinajstić information content (AvgIpc) is 3.03. The minimum atomic E-state index is -4.43. The first-order valence-electron chi connectivity index (χ1n) is 7.11. The highest BCUT2D eigenvalue weighted by Crippen LogP contribution is 2.29. The molecule has 1 aromatic heterocycles. The zero-order valence-electron chi connectivity index (χ0n) is 12.5. The molecule has 0 aliphatic carbocycles. The van der Waals surface area contributed by atoms with Crippen LogP contribution < -0.4 is 10.6 Å². The van der Waals surface area contributed by atoms with Crippen molar-refractivity contribution >= 4 is 23.2 Å². The molecule has 0 bridgehead atoms. The zero-order chi connectivity index (χ0) is 17.6. The molecule has 0 aliphatic rings. The van der Waals surface area contributed by atoms with Crippen LogP contribution in [-0.4, -0.2) is 24.9 Å². The number of thiophene rings is 1. The number of rotatable bonds is 6. The molecule has 2 N–H and O–H groups in total. The van der Waals surface area contributed by atoms with Crippen LogP contribution in [0.2, 0.25) is 0 Å². The minimum Gasteiger partial charge on any atom is -0.354 e. The number of carbonyl (C=O) groups excluding carboxylic acids is 2. The molecule has 8 heteroatoms. The van der Waals surface area contributed by atoms with Crippen LogP contribution in [0.4, 0.5) is 13.2 Å². The van der Waals surface area contributed by atoms with Crippen molar-refractivity contribution in [2.24, 2.45) is 0 Å². The Balaban J connectivity index is 1.72. The summed E-state index contributed by atoms with van der Waals surface area (Å²) in [7, 11) is 0. The third-order valence-electron chi connectivity index (χ3n) is 3.12. The Bertz CT molecular complexity index is 682. The number of nitrogens with one attached hydrogen (secondary N) is 2. The minimum absolute atomic E-state index is 0.132. The van der Waals surface area contributed by atoms with Gasteiger partial charge in [0.1, 0.15) is 0 Å². The molecular formula is C16H15F3N2O2S. The quantitative estimate of drug-likeness (QED) is 0.782. The normalized spacial score (nSPS) is 11.1. The fraction of sp³-hybridized carbons (Fsp3) is 0.250. The Kier molecular flexibility index (Phi) is 5.97. The summed E-state index contributed by atoms with van der Waals surface area (Å²) in [5, 5.41) is 7.08. The van der Waals surface area contributed by atoms with E-state index in [2.05, 4.69) is 10.6 Å². The van der Waals surface area contributed by atoms with Crippen LogP contribution in [0.1, 0.15) is 20.8 Å². The third-order valence-corrected chi connectivity index (χ3v) is 4.00. The highest BCUT2D eigenvalue weighted by molar-refractivity contribution is 7.10. The monoisotopic (exact) mass is 356 g/mol. The first kappa shape index (κ1) is 18.0. The first-order valence-corrected chi connectivity index (χ1v) is 7.99. The Morgan fingerprint density at radius 1 is 1.00 bits per heavy atom. The summed E-state index contributed by atoms with van der Waals surface area (Å²) in [5.74, 6) is -0.641. The van der Waals surface area contributed by atoms with Crippen molar-refractivity contribution in [3.63, 3.8) is 0 Å². The van der Waals surface area contributed by atoms with Crippen LogP contribution in [-0.2, 0) is 17.4 Å². The lowest BCUT2D eigenvalue weighted by molar-refractivity contribution is -0.137. The van der Waals surface area contributed by atoms with Crippen molar-refractivity contribution in [2.45, 2.75) is 12.6 Å². The van der Waals surface area contributed by atoms with Gasteiger partial charge in [-0.3, -0.25) is 9.59 Å². The van der Waals surface area contributed by atoms with Crippen LogP contribution in [0.5, 0.6) is 0 Å². The molecule has 24 heavy (non-hydrogen) atoms. The molecule has 2 amide bonds. The molecule has 2 aromatic rings. The van der Waals surface area contributed by atoms with Gasteiger partial charge in [0.2, 0.25) is 5.91 Å². The van der Waals surface area contributed by atoms with E-state index in [-0.39, 0.29) is 31.0 Å². The van der Waals surface area contributed by atoms with E-state index in [9.17, 15) is 22.8 Å². The van der Waals surface area contributed by atoms with Crippen molar-refractivity contribution < 1.29 is 22.8 Å². The van der Waals surface area contributed by atoms with Crippen molar-refractivity contribution in [3.05, 3.63) is 57.8 Å². The maximum atomic E-state index is 12.4. The van der Waals surface area contributed by atoms with E-state index in [1.54, 1.807) is 0 Å². The molecule has 2 rings (SSSR count). The van der Waals surface area contributed by atoms with Crippen molar-refractivity contribution in [1.29, 1.82) is 0 Å². The van der Waals surface area contributed by atoms with E-state index in [1.807, 2.05) is 17.5 Å². The van der Waals surface area contributed by atoms with Crippen LogP contribution in [0.15, 0.2) is 41.8 Å². The second kappa shape index (κ2) is 7.96. The number of hydrogen-bond acceptors (Lipinski definition) is 3. The van der Waals surface area contributed by atoms with Gasteiger partial charge in [-0.25, -0.2) is 0 Å². The highest BCUT2D eigenvalue weighted by atomic mass is 32.1. The molecule has 1 heterocycles. The Hall–Kier alpha value is -2.35. The molecule has 128 valence electrons. The topological polar surface area (TPSA) is 58.2 Å².